The Kier molecular flexibility index (Phi) is 5.18. The summed E-state index contributed by atoms with van der Waals surface area (Å²) < 4.78 is 67.4. The normalized spacial score (nSPS) is 12.3. The molecule has 0 radical (unpaired) electrons. The van der Waals surface area contributed by atoms with E-state index in [4.69, 9.17) is 0 Å². The summed E-state index contributed by atoms with van der Waals surface area (Å²) in [6, 6.07) is 12.6. The van der Waals surface area contributed by atoms with Crippen molar-refractivity contribution in [1.82, 2.24) is 14.4 Å². The molecule has 0 aliphatic heterocycles. The van der Waals surface area contributed by atoms with Gasteiger partial charge in [0, 0.05) is 29.3 Å². The SMILES string of the molecule is Cc1c(-c2cccc(NS(=O)(=O)Cc3ccc(C(F)(F)F)cc3)c2)nc2ncccn12. The second-order valence-electron chi connectivity index (χ2n) is 6.97. The average molecular weight is 446 g/mol. The quantitative estimate of drug-likeness (QED) is 0.484. The molecule has 0 saturated heterocycles. The number of fused-ring (bicyclic) bond motifs is 1. The van der Waals surface area contributed by atoms with Gasteiger partial charge in [0.2, 0.25) is 15.8 Å². The Bertz CT molecular complexity index is 1350. The van der Waals surface area contributed by atoms with Crippen LogP contribution in [0.3, 0.4) is 0 Å². The topological polar surface area (TPSA) is 76.4 Å². The molecule has 0 spiro atoms. The second kappa shape index (κ2) is 7.69. The van der Waals surface area contributed by atoms with Crippen molar-refractivity contribution < 1.29 is 21.6 Å². The Morgan fingerprint density at radius 3 is 2.48 bits per heavy atom. The molecule has 2 aromatic heterocycles. The molecule has 2 heterocycles. The van der Waals surface area contributed by atoms with Crippen LogP contribution in [0.4, 0.5) is 18.9 Å². The summed E-state index contributed by atoms with van der Waals surface area (Å²) in [7, 11) is -3.84. The largest absolute Gasteiger partial charge is 0.416 e. The fraction of sp³-hybridized carbons (Fsp3) is 0.143. The van der Waals surface area contributed by atoms with Crippen LogP contribution < -0.4 is 4.72 Å². The summed E-state index contributed by atoms with van der Waals surface area (Å²) in [6.45, 7) is 1.89. The van der Waals surface area contributed by atoms with Gasteiger partial charge in [-0.25, -0.2) is 18.4 Å². The summed E-state index contributed by atoms with van der Waals surface area (Å²) in [5.74, 6) is 0.0791. The van der Waals surface area contributed by atoms with E-state index >= 15 is 0 Å². The minimum absolute atomic E-state index is 0.249. The summed E-state index contributed by atoms with van der Waals surface area (Å²) in [5.41, 5.74) is 1.98. The standard InChI is InChI=1S/C21H17F3N4O2S/c1-14-19(26-20-25-10-3-11-28(14)20)16-4-2-5-18(12-16)27-31(29,30)13-15-6-8-17(9-7-15)21(22,23)24/h2-12,27H,13H2,1H3. The zero-order valence-corrected chi connectivity index (χ0v) is 17.1. The first-order chi connectivity index (χ1) is 14.6. The van der Waals surface area contributed by atoms with Crippen molar-refractivity contribution in [3.05, 3.63) is 83.8 Å². The van der Waals surface area contributed by atoms with E-state index in [1.54, 1.807) is 30.5 Å². The first-order valence-electron chi connectivity index (χ1n) is 9.19. The van der Waals surface area contributed by atoms with Crippen molar-refractivity contribution in [3.63, 3.8) is 0 Å². The molecular weight excluding hydrogens is 429 g/mol. The molecule has 1 N–H and O–H groups in total. The predicted octanol–water partition coefficient (Wildman–Crippen LogP) is 4.67. The van der Waals surface area contributed by atoms with Crippen molar-refractivity contribution in [1.29, 1.82) is 0 Å². The molecule has 0 amide bonds. The lowest BCUT2D eigenvalue weighted by Crippen LogP contribution is -2.15. The number of benzene rings is 2. The van der Waals surface area contributed by atoms with Gasteiger partial charge in [-0.1, -0.05) is 24.3 Å². The third kappa shape index (κ3) is 4.53. The summed E-state index contributed by atoms with van der Waals surface area (Å²) in [4.78, 5) is 8.71. The molecule has 160 valence electrons. The van der Waals surface area contributed by atoms with Gasteiger partial charge >= 0.3 is 6.18 Å². The highest BCUT2D eigenvalue weighted by molar-refractivity contribution is 7.91. The van der Waals surface area contributed by atoms with Gasteiger partial charge in [0.1, 0.15) is 0 Å². The molecule has 4 rings (SSSR count). The monoisotopic (exact) mass is 446 g/mol. The molecule has 0 unspecified atom stereocenters. The van der Waals surface area contributed by atoms with Gasteiger partial charge in [0.15, 0.2) is 0 Å². The second-order valence-corrected chi connectivity index (χ2v) is 8.69. The molecule has 6 nitrogen and oxygen atoms in total. The van der Waals surface area contributed by atoms with E-state index in [-0.39, 0.29) is 5.56 Å². The molecule has 0 saturated carbocycles. The van der Waals surface area contributed by atoms with Crippen LogP contribution >= 0.6 is 0 Å². The zero-order valence-electron chi connectivity index (χ0n) is 16.3. The van der Waals surface area contributed by atoms with Gasteiger partial charge in [-0.2, -0.15) is 13.2 Å². The van der Waals surface area contributed by atoms with Crippen LogP contribution in [0.1, 0.15) is 16.8 Å². The maximum atomic E-state index is 12.7. The van der Waals surface area contributed by atoms with Crippen molar-refractivity contribution in [2.45, 2.75) is 18.9 Å². The molecule has 0 aliphatic rings. The highest BCUT2D eigenvalue weighted by Crippen LogP contribution is 2.30. The Hall–Kier alpha value is -3.40. The number of nitrogens with zero attached hydrogens (tertiary/aromatic N) is 3. The number of hydrogen-bond donors (Lipinski definition) is 1. The zero-order chi connectivity index (χ0) is 22.2. The number of nitrogens with one attached hydrogen (secondary N) is 1. The van der Waals surface area contributed by atoms with Gasteiger partial charge in [0.25, 0.3) is 0 Å². The maximum absolute atomic E-state index is 12.7. The van der Waals surface area contributed by atoms with E-state index in [2.05, 4.69) is 14.7 Å². The lowest BCUT2D eigenvalue weighted by atomic mass is 10.1. The number of alkyl halides is 3. The van der Waals surface area contributed by atoms with Gasteiger partial charge in [-0.3, -0.25) is 9.12 Å². The number of sulfonamides is 1. The number of aromatic nitrogens is 3. The Balaban J connectivity index is 1.56. The van der Waals surface area contributed by atoms with Crippen molar-refractivity contribution in [3.8, 4) is 11.3 Å². The number of halogens is 3. The molecule has 0 aliphatic carbocycles. The van der Waals surface area contributed by atoms with Crippen LogP contribution in [0.2, 0.25) is 0 Å². The van der Waals surface area contributed by atoms with Crippen LogP contribution in [0.5, 0.6) is 0 Å². The van der Waals surface area contributed by atoms with Crippen molar-refractivity contribution in [2.75, 3.05) is 4.72 Å². The minimum Gasteiger partial charge on any atom is -0.288 e. The number of hydrogen-bond acceptors (Lipinski definition) is 4. The molecule has 4 aromatic rings. The molecule has 0 fully saturated rings. The lowest BCUT2D eigenvalue weighted by Gasteiger charge is -2.11. The van der Waals surface area contributed by atoms with Crippen LogP contribution in [0.25, 0.3) is 17.0 Å². The van der Waals surface area contributed by atoms with Crippen LogP contribution in [-0.2, 0) is 22.0 Å². The van der Waals surface area contributed by atoms with Crippen molar-refractivity contribution in [2.24, 2.45) is 0 Å². The molecule has 10 heteroatoms. The van der Waals surface area contributed by atoms with Crippen LogP contribution in [0.15, 0.2) is 67.0 Å². The first kappa shape index (κ1) is 20.9. The molecule has 0 bridgehead atoms. The number of aryl methyl sites for hydroxylation is 1. The lowest BCUT2D eigenvalue weighted by molar-refractivity contribution is -0.137. The molecule has 31 heavy (non-hydrogen) atoms. The van der Waals surface area contributed by atoms with Gasteiger partial charge in [-0.15, -0.1) is 0 Å². The van der Waals surface area contributed by atoms with E-state index in [0.29, 0.717) is 22.7 Å². The van der Waals surface area contributed by atoms with E-state index < -0.39 is 27.5 Å². The Morgan fingerprint density at radius 1 is 1.06 bits per heavy atom. The minimum atomic E-state index is -4.47. The van der Waals surface area contributed by atoms with E-state index in [1.165, 1.54) is 0 Å². The highest BCUT2D eigenvalue weighted by Gasteiger charge is 2.30. The Morgan fingerprint density at radius 2 is 1.81 bits per heavy atom. The first-order valence-corrected chi connectivity index (χ1v) is 10.8. The average Bonchev–Trinajstić information content (AvgIpc) is 3.04. The molecule has 0 atom stereocenters. The third-order valence-electron chi connectivity index (χ3n) is 4.69. The van der Waals surface area contributed by atoms with Gasteiger partial charge < -0.3 is 0 Å². The fourth-order valence-electron chi connectivity index (χ4n) is 3.23. The third-order valence-corrected chi connectivity index (χ3v) is 5.95. The Labute approximate surface area is 176 Å². The van der Waals surface area contributed by atoms with Crippen LogP contribution in [-0.4, -0.2) is 22.8 Å². The molecule has 2 aromatic carbocycles. The van der Waals surface area contributed by atoms with E-state index in [1.807, 2.05) is 23.6 Å². The molecular formula is C21H17F3N4O2S. The van der Waals surface area contributed by atoms with Crippen LogP contribution in [0, 0.1) is 6.92 Å². The fourth-order valence-corrected chi connectivity index (χ4v) is 4.42. The number of imidazole rings is 1. The predicted molar refractivity (Wildman–Crippen MR) is 111 cm³/mol. The highest BCUT2D eigenvalue weighted by atomic mass is 32.2. The number of rotatable bonds is 5. The number of anilines is 1. The van der Waals surface area contributed by atoms with Gasteiger partial charge in [0.05, 0.1) is 17.0 Å². The van der Waals surface area contributed by atoms with Crippen molar-refractivity contribution >= 4 is 21.5 Å². The maximum Gasteiger partial charge on any atom is 0.416 e. The van der Waals surface area contributed by atoms with E-state index in [9.17, 15) is 21.6 Å². The van der Waals surface area contributed by atoms with E-state index in [0.717, 1.165) is 30.0 Å². The summed E-state index contributed by atoms with van der Waals surface area (Å²) in [5, 5.41) is 0. The summed E-state index contributed by atoms with van der Waals surface area (Å²) in [6.07, 6.45) is -0.996. The smallest absolute Gasteiger partial charge is 0.288 e. The van der Waals surface area contributed by atoms with Gasteiger partial charge in [-0.05, 0) is 42.8 Å². The summed E-state index contributed by atoms with van der Waals surface area (Å²) >= 11 is 0.